The van der Waals surface area contributed by atoms with E-state index in [4.69, 9.17) is 21.9 Å². The van der Waals surface area contributed by atoms with Crippen LogP contribution in [-0.4, -0.2) is 31.5 Å². The fourth-order valence-corrected chi connectivity index (χ4v) is 3.06. The summed E-state index contributed by atoms with van der Waals surface area (Å²) in [5.74, 6) is 0.138. The average Bonchev–Trinajstić information content (AvgIpc) is 3.21. The first-order valence-corrected chi connectivity index (χ1v) is 8.74. The number of imidazole rings is 1. The molecule has 2 aromatic carbocycles. The Kier molecular flexibility index (Phi) is 4.58. The van der Waals surface area contributed by atoms with E-state index >= 15 is 0 Å². The third-order valence-corrected chi connectivity index (χ3v) is 4.66. The molecular formula is C21H18N6O2. The molecule has 0 aliphatic carbocycles. The minimum absolute atomic E-state index is 0.0641. The largest absolute Gasteiger partial charge is 0.409 e. The van der Waals surface area contributed by atoms with Gasteiger partial charge in [0.25, 0.3) is 0 Å². The van der Waals surface area contributed by atoms with Crippen molar-refractivity contribution in [3.8, 4) is 22.4 Å². The smallest absolute Gasteiger partial charge is 0.170 e. The number of oxime groups is 2. The Balaban J connectivity index is 1.66. The van der Waals surface area contributed by atoms with Crippen LogP contribution in [0.5, 0.6) is 0 Å². The van der Waals surface area contributed by atoms with Crippen molar-refractivity contribution in [3.63, 3.8) is 0 Å². The molecule has 2 heterocycles. The van der Waals surface area contributed by atoms with Crippen molar-refractivity contribution >= 4 is 17.3 Å². The van der Waals surface area contributed by atoms with Gasteiger partial charge in [-0.1, -0.05) is 58.8 Å². The second-order valence-electron chi connectivity index (χ2n) is 6.43. The van der Waals surface area contributed by atoms with E-state index in [9.17, 15) is 0 Å². The molecule has 29 heavy (non-hydrogen) atoms. The van der Waals surface area contributed by atoms with Crippen LogP contribution in [0.4, 0.5) is 0 Å². The molecule has 0 saturated carbocycles. The molecule has 144 valence electrons. The molecule has 4 aromatic rings. The number of hydrogen-bond acceptors (Lipinski definition) is 5. The third kappa shape index (κ3) is 3.46. The van der Waals surface area contributed by atoms with Gasteiger partial charge in [-0.05, 0) is 23.3 Å². The molecule has 0 bridgehead atoms. The van der Waals surface area contributed by atoms with Crippen LogP contribution >= 0.6 is 0 Å². The fraction of sp³-hybridized carbons (Fsp3) is 0. The molecular weight excluding hydrogens is 368 g/mol. The van der Waals surface area contributed by atoms with Crippen molar-refractivity contribution in [2.75, 3.05) is 0 Å². The van der Waals surface area contributed by atoms with Crippen LogP contribution in [0.15, 0.2) is 83.4 Å². The Morgan fingerprint density at radius 3 is 1.76 bits per heavy atom. The van der Waals surface area contributed by atoms with Gasteiger partial charge in [0.1, 0.15) is 5.65 Å². The number of nitrogens with two attached hydrogens (primary N) is 2. The van der Waals surface area contributed by atoms with Gasteiger partial charge in [0.05, 0.1) is 5.69 Å². The van der Waals surface area contributed by atoms with Gasteiger partial charge in [-0.25, -0.2) is 4.98 Å². The molecule has 8 nitrogen and oxygen atoms in total. The van der Waals surface area contributed by atoms with Gasteiger partial charge >= 0.3 is 0 Å². The molecule has 0 saturated heterocycles. The lowest BCUT2D eigenvalue weighted by Crippen LogP contribution is -2.12. The van der Waals surface area contributed by atoms with Crippen molar-refractivity contribution in [3.05, 3.63) is 84.2 Å². The summed E-state index contributed by atoms with van der Waals surface area (Å²) in [7, 11) is 0. The van der Waals surface area contributed by atoms with Crippen LogP contribution in [0.3, 0.4) is 0 Å². The molecule has 2 aromatic heterocycles. The zero-order valence-electron chi connectivity index (χ0n) is 15.3. The predicted octanol–water partition coefficient (Wildman–Crippen LogP) is 2.86. The molecule has 0 aliphatic rings. The summed E-state index contributed by atoms with van der Waals surface area (Å²) in [6.07, 6.45) is 3.94. The van der Waals surface area contributed by atoms with Crippen LogP contribution in [-0.2, 0) is 0 Å². The summed E-state index contributed by atoms with van der Waals surface area (Å²) >= 11 is 0. The Morgan fingerprint density at radius 1 is 0.690 bits per heavy atom. The number of aromatic nitrogens is 2. The van der Waals surface area contributed by atoms with Gasteiger partial charge in [-0.2, -0.15) is 0 Å². The minimum atomic E-state index is 0.0641. The van der Waals surface area contributed by atoms with Crippen LogP contribution in [0.1, 0.15) is 11.1 Å². The lowest BCUT2D eigenvalue weighted by molar-refractivity contribution is 0.318. The normalized spacial score (nSPS) is 12.4. The number of nitrogens with zero attached hydrogens (tertiary/aromatic N) is 4. The maximum atomic E-state index is 8.77. The highest BCUT2D eigenvalue weighted by Gasteiger charge is 2.08. The molecule has 8 heteroatoms. The summed E-state index contributed by atoms with van der Waals surface area (Å²) in [4.78, 5) is 4.65. The highest BCUT2D eigenvalue weighted by Crippen LogP contribution is 2.24. The Hall–Kier alpha value is -4.33. The van der Waals surface area contributed by atoms with Crippen molar-refractivity contribution in [2.24, 2.45) is 21.8 Å². The third-order valence-electron chi connectivity index (χ3n) is 4.66. The molecule has 0 amide bonds. The highest BCUT2D eigenvalue weighted by atomic mass is 16.4. The van der Waals surface area contributed by atoms with E-state index in [1.165, 1.54) is 0 Å². The monoisotopic (exact) mass is 386 g/mol. The first-order chi connectivity index (χ1) is 14.1. The number of hydrogen-bond donors (Lipinski definition) is 4. The summed E-state index contributed by atoms with van der Waals surface area (Å²) in [5.41, 5.74) is 17.1. The second kappa shape index (κ2) is 7.35. The van der Waals surface area contributed by atoms with Gasteiger partial charge in [0, 0.05) is 29.1 Å². The van der Waals surface area contributed by atoms with Crippen LogP contribution in [0, 0.1) is 0 Å². The van der Waals surface area contributed by atoms with E-state index in [1.54, 1.807) is 24.3 Å². The van der Waals surface area contributed by atoms with Gasteiger partial charge in [0.2, 0.25) is 0 Å². The summed E-state index contributed by atoms with van der Waals surface area (Å²) in [6.45, 7) is 0. The summed E-state index contributed by atoms with van der Waals surface area (Å²) in [6, 6.07) is 18.7. The molecule has 0 unspecified atom stereocenters. The lowest BCUT2D eigenvalue weighted by atomic mass is 10.1. The van der Waals surface area contributed by atoms with Crippen molar-refractivity contribution in [1.82, 2.24) is 9.38 Å². The maximum Gasteiger partial charge on any atom is 0.170 e. The number of amidine groups is 2. The molecule has 0 fully saturated rings. The summed E-state index contributed by atoms with van der Waals surface area (Å²) in [5, 5.41) is 23.6. The van der Waals surface area contributed by atoms with E-state index in [2.05, 4.69) is 15.3 Å². The Labute approximate surface area is 166 Å². The van der Waals surface area contributed by atoms with Crippen LogP contribution < -0.4 is 11.5 Å². The molecule has 0 atom stereocenters. The van der Waals surface area contributed by atoms with Gasteiger partial charge < -0.3 is 26.3 Å². The second-order valence-corrected chi connectivity index (χ2v) is 6.43. The fourth-order valence-electron chi connectivity index (χ4n) is 3.06. The minimum Gasteiger partial charge on any atom is -0.409 e. The first kappa shape index (κ1) is 18.1. The van der Waals surface area contributed by atoms with E-state index in [-0.39, 0.29) is 11.7 Å². The van der Waals surface area contributed by atoms with E-state index in [1.807, 2.05) is 53.2 Å². The standard InChI is InChI=1S/C21H18N6O2/c22-20(25-28)15-5-1-13(2-6-15)17-9-10-19-24-18(12-27(19)11-17)14-3-7-16(8-4-14)21(23)26-29/h1-12,28-29H,(H2,22,25)(H2,23,26). The zero-order valence-corrected chi connectivity index (χ0v) is 15.3. The number of benzene rings is 2. The lowest BCUT2D eigenvalue weighted by Gasteiger charge is -2.04. The average molecular weight is 386 g/mol. The molecule has 0 radical (unpaired) electrons. The quantitative estimate of drug-likeness (QED) is 0.185. The maximum absolute atomic E-state index is 8.77. The topological polar surface area (TPSA) is 135 Å². The zero-order chi connectivity index (χ0) is 20.4. The Morgan fingerprint density at radius 2 is 1.21 bits per heavy atom. The van der Waals surface area contributed by atoms with Gasteiger partial charge in [-0.15, -0.1) is 0 Å². The van der Waals surface area contributed by atoms with E-state index in [0.717, 1.165) is 28.0 Å². The van der Waals surface area contributed by atoms with Crippen LogP contribution in [0.25, 0.3) is 28.0 Å². The number of pyridine rings is 1. The predicted molar refractivity (Wildman–Crippen MR) is 111 cm³/mol. The number of rotatable bonds is 4. The first-order valence-electron chi connectivity index (χ1n) is 8.74. The number of fused-ring (bicyclic) bond motifs is 1. The van der Waals surface area contributed by atoms with Crippen molar-refractivity contribution < 1.29 is 10.4 Å². The SMILES string of the molecule is N/C(=N\O)c1ccc(-c2cn3cc(-c4ccc(/C(N)=N\O)cc4)ccc3n2)cc1. The van der Waals surface area contributed by atoms with E-state index < -0.39 is 0 Å². The summed E-state index contributed by atoms with van der Waals surface area (Å²) < 4.78 is 1.96. The molecule has 0 spiro atoms. The highest BCUT2D eigenvalue weighted by molar-refractivity contribution is 5.97. The molecule has 6 N–H and O–H groups in total. The Bertz CT molecular complexity index is 1170. The van der Waals surface area contributed by atoms with Crippen LogP contribution in [0.2, 0.25) is 0 Å². The van der Waals surface area contributed by atoms with Crippen molar-refractivity contribution in [2.45, 2.75) is 0 Å². The van der Waals surface area contributed by atoms with Gasteiger partial charge in [-0.3, -0.25) is 0 Å². The van der Waals surface area contributed by atoms with Crippen molar-refractivity contribution in [1.29, 1.82) is 0 Å². The molecule has 0 aliphatic heterocycles. The van der Waals surface area contributed by atoms with E-state index in [0.29, 0.717) is 11.1 Å². The molecule has 4 rings (SSSR count). The van der Waals surface area contributed by atoms with Gasteiger partial charge in [0.15, 0.2) is 11.7 Å².